The molecule has 0 unspecified atom stereocenters. The van der Waals surface area contributed by atoms with E-state index in [0.717, 1.165) is 23.5 Å². The minimum atomic E-state index is 0.988. The standard InChI is InChI=1S/C25H24N2/c1-2-3-7-20-11-14-23(15-12-20)26-19-25-10-6-17-27(25)24-16-13-21-8-4-5-9-22(21)18-24/h4-6,8-19H,2-3,7H2,1H3. The minimum Gasteiger partial charge on any atom is -0.316 e. The number of aryl methyl sites for hydroxylation is 1. The average molecular weight is 352 g/mol. The largest absolute Gasteiger partial charge is 0.316 e. The van der Waals surface area contributed by atoms with E-state index < -0.39 is 0 Å². The van der Waals surface area contributed by atoms with E-state index in [1.807, 2.05) is 6.21 Å². The van der Waals surface area contributed by atoms with Gasteiger partial charge in [-0.05, 0) is 65.6 Å². The van der Waals surface area contributed by atoms with Gasteiger partial charge in [0.05, 0.1) is 17.6 Å². The average Bonchev–Trinajstić information content (AvgIpc) is 3.20. The van der Waals surface area contributed by atoms with Gasteiger partial charge in [0, 0.05) is 11.9 Å². The van der Waals surface area contributed by atoms with Crippen LogP contribution >= 0.6 is 0 Å². The van der Waals surface area contributed by atoms with Crippen LogP contribution in [0.4, 0.5) is 5.69 Å². The Bertz CT molecular complexity index is 1060. The highest BCUT2D eigenvalue weighted by atomic mass is 15.0. The second-order valence-electron chi connectivity index (χ2n) is 6.86. The van der Waals surface area contributed by atoms with Crippen LogP contribution in [0.2, 0.25) is 0 Å². The summed E-state index contributed by atoms with van der Waals surface area (Å²) in [5.74, 6) is 0. The van der Waals surface area contributed by atoms with Crippen LogP contribution in [0.5, 0.6) is 0 Å². The maximum Gasteiger partial charge on any atom is 0.0639 e. The lowest BCUT2D eigenvalue weighted by molar-refractivity contribution is 0.795. The zero-order valence-electron chi connectivity index (χ0n) is 15.7. The van der Waals surface area contributed by atoms with Crippen LogP contribution in [-0.2, 0) is 6.42 Å². The molecular formula is C25H24N2. The van der Waals surface area contributed by atoms with E-state index >= 15 is 0 Å². The van der Waals surface area contributed by atoms with Crippen molar-refractivity contribution < 1.29 is 0 Å². The fraction of sp³-hybridized carbons (Fsp3) is 0.160. The van der Waals surface area contributed by atoms with Crippen LogP contribution in [0.15, 0.2) is 90.1 Å². The Morgan fingerprint density at radius 2 is 1.67 bits per heavy atom. The van der Waals surface area contributed by atoms with Crippen molar-refractivity contribution in [1.29, 1.82) is 0 Å². The summed E-state index contributed by atoms with van der Waals surface area (Å²) in [7, 11) is 0. The number of fused-ring (bicyclic) bond motifs is 1. The third-order valence-corrected chi connectivity index (χ3v) is 4.89. The van der Waals surface area contributed by atoms with Crippen LogP contribution in [0.1, 0.15) is 31.0 Å². The number of rotatable bonds is 6. The first-order valence-corrected chi connectivity index (χ1v) is 9.63. The molecule has 0 N–H and O–H groups in total. The molecule has 0 fully saturated rings. The molecule has 2 heteroatoms. The molecule has 0 aliphatic carbocycles. The summed E-state index contributed by atoms with van der Waals surface area (Å²) in [4.78, 5) is 4.67. The molecule has 0 saturated carbocycles. The van der Waals surface area contributed by atoms with Crippen molar-refractivity contribution in [3.63, 3.8) is 0 Å². The van der Waals surface area contributed by atoms with Gasteiger partial charge in [0.25, 0.3) is 0 Å². The zero-order chi connectivity index (χ0) is 18.5. The van der Waals surface area contributed by atoms with Crippen LogP contribution in [0.3, 0.4) is 0 Å². The molecule has 0 saturated heterocycles. The predicted molar refractivity (Wildman–Crippen MR) is 116 cm³/mol. The topological polar surface area (TPSA) is 17.3 Å². The van der Waals surface area contributed by atoms with Crippen LogP contribution in [0.25, 0.3) is 16.5 Å². The first kappa shape index (κ1) is 17.3. The van der Waals surface area contributed by atoms with E-state index in [0.29, 0.717) is 0 Å². The molecule has 0 atom stereocenters. The van der Waals surface area contributed by atoms with Crippen molar-refractivity contribution >= 4 is 22.7 Å². The van der Waals surface area contributed by atoms with Gasteiger partial charge < -0.3 is 4.57 Å². The van der Waals surface area contributed by atoms with E-state index in [1.165, 1.54) is 29.2 Å². The number of unbranched alkanes of at least 4 members (excludes halogenated alkanes) is 1. The quantitative estimate of drug-likeness (QED) is 0.343. The Hall–Kier alpha value is -3.13. The SMILES string of the molecule is CCCCc1ccc(N=Cc2cccn2-c2ccc3ccccc3c2)cc1. The number of nitrogens with zero attached hydrogens (tertiary/aromatic N) is 2. The fourth-order valence-corrected chi connectivity index (χ4v) is 3.33. The highest BCUT2D eigenvalue weighted by molar-refractivity contribution is 5.86. The van der Waals surface area contributed by atoms with Crippen molar-refractivity contribution in [2.24, 2.45) is 4.99 Å². The number of benzene rings is 3. The lowest BCUT2D eigenvalue weighted by Crippen LogP contribution is -1.97. The molecule has 27 heavy (non-hydrogen) atoms. The molecule has 0 radical (unpaired) electrons. The lowest BCUT2D eigenvalue weighted by Gasteiger charge is -2.08. The zero-order valence-corrected chi connectivity index (χ0v) is 15.7. The van der Waals surface area contributed by atoms with E-state index in [1.54, 1.807) is 0 Å². The third kappa shape index (κ3) is 4.01. The van der Waals surface area contributed by atoms with Crippen molar-refractivity contribution in [3.05, 3.63) is 96.3 Å². The monoisotopic (exact) mass is 352 g/mol. The summed E-state index contributed by atoms with van der Waals surface area (Å²) >= 11 is 0. The molecule has 4 rings (SSSR count). The molecule has 1 aromatic heterocycles. The van der Waals surface area contributed by atoms with Gasteiger partial charge >= 0.3 is 0 Å². The predicted octanol–water partition coefficient (Wildman–Crippen LogP) is 6.72. The van der Waals surface area contributed by atoms with Gasteiger partial charge in [0.2, 0.25) is 0 Å². The summed E-state index contributed by atoms with van der Waals surface area (Å²) < 4.78 is 2.17. The second-order valence-corrected chi connectivity index (χ2v) is 6.86. The first-order chi connectivity index (χ1) is 13.3. The highest BCUT2D eigenvalue weighted by Gasteiger charge is 2.03. The first-order valence-electron chi connectivity index (χ1n) is 9.63. The third-order valence-electron chi connectivity index (χ3n) is 4.89. The Balaban J connectivity index is 1.57. The van der Waals surface area contributed by atoms with Crippen LogP contribution < -0.4 is 0 Å². The van der Waals surface area contributed by atoms with E-state index in [-0.39, 0.29) is 0 Å². The molecule has 3 aromatic carbocycles. The van der Waals surface area contributed by atoms with Crippen molar-refractivity contribution in [2.75, 3.05) is 0 Å². The van der Waals surface area contributed by atoms with E-state index in [2.05, 4.69) is 102 Å². The van der Waals surface area contributed by atoms with Gasteiger partial charge in [-0.1, -0.05) is 55.8 Å². The normalized spacial score (nSPS) is 11.4. The molecular weight excluding hydrogens is 328 g/mol. The Morgan fingerprint density at radius 3 is 2.48 bits per heavy atom. The molecule has 2 nitrogen and oxygen atoms in total. The maximum atomic E-state index is 4.67. The smallest absolute Gasteiger partial charge is 0.0639 e. The van der Waals surface area contributed by atoms with Crippen molar-refractivity contribution in [3.8, 4) is 5.69 Å². The number of hydrogen-bond donors (Lipinski definition) is 0. The summed E-state index contributed by atoms with van der Waals surface area (Å²) in [5, 5.41) is 2.50. The molecule has 0 aliphatic heterocycles. The maximum absolute atomic E-state index is 4.67. The van der Waals surface area contributed by atoms with E-state index in [4.69, 9.17) is 0 Å². The van der Waals surface area contributed by atoms with Crippen LogP contribution in [-0.4, -0.2) is 10.8 Å². The Labute approximate surface area is 160 Å². The summed E-state index contributed by atoms with van der Waals surface area (Å²) in [6.07, 6.45) is 7.63. The van der Waals surface area contributed by atoms with Gasteiger partial charge in [-0.2, -0.15) is 0 Å². The lowest BCUT2D eigenvalue weighted by atomic mass is 10.1. The number of aliphatic imine (C=N–C) groups is 1. The van der Waals surface area contributed by atoms with Gasteiger partial charge in [-0.25, -0.2) is 0 Å². The molecule has 0 spiro atoms. The Kier molecular flexibility index (Phi) is 5.15. The molecule has 0 bridgehead atoms. The van der Waals surface area contributed by atoms with Crippen LogP contribution in [0, 0.1) is 0 Å². The number of hydrogen-bond acceptors (Lipinski definition) is 1. The molecule has 0 aliphatic rings. The Morgan fingerprint density at radius 1 is 0.852 bits per heavy atom. The van der Waals surface area contributed by atoms with Crippen molar-refractivity contribution in [1.82, 2.24) is 4.57 Å². The highest BCUT2D eigenvalue weighted by Crippen LogP contribution is 2.20. The summed E-state index contributed by atoms with van der Waals surface area (Å²) in [5.41, 5.74) is 4.59. The van der Waals surface area contributed by atoms with Gasteiger partial charge in [0.1, 0.15) is 0 Å². The summed E-state index contributed by atoms with van der Waals surface area (Å²) in [6.45, 7) is 2.23. The van der Waals surface area contributed by atoms with Gasteiger partial charge in [0.15, 0.2) is 0 Å². The molecule has 0 amide bonds. The molecule has 134 valence electrons. The summed E-state index contributed by atoms with van der Waals surface area (Å²) in [6, 6.07) is 27.7. The minimum absolute atomic E-state index is 0.988. The molecule has 4 aromatic rings. The van der Waals surface area contributed by atoms with Crippen molar-refractivity contribution in [2.45, 2.75) is 26.2 Å². The van der Waals surface area contributed by atoms with Gasteiger partial charge in [-0.15, -0.1) is 0 Å². The fourth-order valence-electron chi connectivity index (χ4n) is 3.33. The van der Waals surface area contributed by atoms with E-state index in [9.17, 15) is 0 Å². The van der Waals surface area contributed by atoms with Gasteiger partial charge in [-0.3, -0.25) is 4.99 Å². The molecule has 1 heterocycles. The number of aromatic nitrogens is 1. The second kappa shape index (κ2) is 8.05.